The monoisotopic (exact) mass is 459 g/mol. The van der Waals surface area contributed by atoms with Gasteiger partial charge in [0.2, 0.25) is 5.91 Å². The van der Waals surface area contributed by atoms with Gasteiger partial charge in [-0.2, -0.15) is 0 Å². The number of para-hydroxylation sites is 3. The molecule has 1 aliphatic rings. The molecule has 3 aromatic carbocycles. The van der Waals surface area contributed by atoms with Gasteiger partial charge in [0.15, 0.2) is 18.1 Å². The molecule has 176 valence electrons. The minimum absolute atomic E-state index is 0.0889. The minimum atomic E-state index is -0.132. The van der Waals surface area contributed by atoms with Crippen LogP contribution in [0.15, 0.2) is 78.9 Å². The number of hydrogen-bond acceptors (Lipinski definition) is 5. The third-order valence-corrected chi connectivity index (χ3v) is 5.54. The van der Waals surface area contributed by atoms with Gasteiger partial charge < -0.3 is 25.0 Å². The summed E-state index contributed by atoms with van der Waals surface area (Å²) in [7, 11) is 1.56. The van der Waals surface area contributed by atoms with E-state index in [2.05, 4.69) is 10.6 Å². The molecule has 0 unspecified atom stereocenters. The number of amides is 2. The molecule has 0 saturated heterocycles. The summed E-state index contributed by atoms with van der Waals surface area (Å²) < 4.78 is 10.9. The first-order valence-corrected chi connectivity index (χ1v) is 11.4. The average molecular weight is 460 g/mol. The van der Waals surface area contributed by atoms with Gasteiger partial charge in [-0.15, -0.1) is 0 Å². The Bertz CT molecular complexity index is 1100. The number of anilines is 3. The molecular weight excluding hydrogens is 430 g/mol. The maximum atomic E-state index is 12.8. The van der Waals surface area contributed by atoms with E-state index in [1.54, 1.807) is 24.1 Å². The minimum Gasteiger partial charge on any atom is -0.493 e. The summed E-state index contributed by atoms with van der Waals surface area (Å²) in [5.41, 5.74) is 2.65. The Morgan fingerprint density at radius 2 is 1.47 bits per heavy atom. The van der Waals surface area contributed by atoms with Crippen molar-refractivity contribution < 1.29 is 19.1 Å². The number of nitrogens with zero attached hydrogens (tertiary/aromatic N) is 1. The molecular formula is C27H29N3O4. The van der Waals surface area contributed by atoms with Crippen molar-refractivity contribution >= 4 is 28.9 Å². The first-order valence-electron chi connectivity index (χ1n) is 11.4. The number of carbonyl (C=O) groups excluding carboxylic acids is 2. The molecule has 34 heavy (non-hydrogen) atoms. The Morgan fingerprint density at radius 1 is 0.853 bits per heavy atom. The second-order valence-corrected chi connectivity index (χ2v) is 8.12. The van der Waals surface area contributed by atoms with Crippen molar-refractivity contribution in [3.63, 3.8) is 0 Å². The fourth-order valence-corrected chi connectivity index (χ4v) is 3.63. The van der Waals surface area contributed by atoms with Crippen LogP contribution in [-0.4, -0.2) is 43.0 Å². The molecule has 0 heterocycles. The van der Waals surface area contributed by atoms with E-state index in [4.69, 9.17) is 9.47 Å². The van der Waals surface area contributed by atoms with Gasteiger partial charge in [-0.1, -0.05) is 30.3 Å². The van der Waals surface area contributed by atoms with E-state index in [1.807, 2.05) is 66.7 Å². The van der Waals surface area contributed by atoms with Crippen LogP contribution in [0.5, 0.6) is 11.5 Å². The van der Waals surface area contributed by atoms with E-state index in [1.165, 1.54) is 0 Å². The molecule has 0 aliphatic heterocycles. The fourth-order valence-electron chi connectivity index (χ4n) is 3.63. The highest BCUT2D eigenvalue weighted by Gasteiger charge is 2.32. The summed E-state index contributed by atoms with van der Waals surface area (Å²) in [5, 5.41) is 6.22. The first-order chi connectivity index (χ1) is 16.6. The molecule has 2 amide bonds. The van der Waals surface area contributed by atoms with E-state index in [9.17, 15) is 9.59 Å². The van der Waals surface area contributed by atoms with Crippen LogP contribution < -0.4 is 20.1 Å². The third kappa shape index (κ3) is 6.51. The van der Waals surface area contributed by atoms with Gasteiger partial charge in [-0.25, -0.2) is 0 Å². The molecule has 0 atom stereocenters. The number of nitrogens with one attached hydrogen (secondary N) is 2. The summed E-state index contributed by atoms with van der Waals surface area (Å²) in [5.74, 6) is 0.847. The summed E-state index contributed by atoms with van der Waals surface area (Å²) in [6.07, 6.45) is 2.14. The predicted octanol–water partition coefficient (Wildman–Crippen LogP) is 4.84. The SMILES string of the molecule is COc1ccccc1OCC(=O)N(CCC(=O)Nc1ccc(Nc2ccccc2)cc1)C1CC1. The van der Waals surface area contributed by atoms with Crippen LogP contribution in [0.2, 0.25) is 0 Å². The summed E-state index contributed by atoms with van der Waals surface area (Å²) in [6.45, 7) is 0.270. The quantitative estimate of drug-likeness (QED) is 0.429. The highest BCUT2D eigenvalue weighted by molar-refractivity contribution is 5.91. The second kappa shape index (κ2) is 11.2. The zero-order valence-corrected chi connectivity index (χ0v) is 19.2. The smallest absolute Gasteiger partial charge is 0.260 e. The van der Waals surface area contributed by atoms with Crippen molar-refractivity contribution in [2.75, 3.05) is 30.9 Å². The molecule has 0 bridgehead atoms. The van der Waals surface area contributed by atoms with Gasteiger partial charge in [-0.05, 0) is 61.4 Å². The molecule has 0 aromatic heterocycles. The van der Waals surface area contributed by atoms with Gasteiger partial charge in [0.25, 0.3) is 5.91 Å². The average Bonchev–Trinajstić information content (AvgIpc) is 3.70. The molecule has 7 heteroatoms. The van der Waals surface area contributed by atoms with Crippen LogP contribution >= 0.6 is 0 Å². The van der Waals surface area contributed by atoms with Crippen LogP contribution in [0.3, 0.4) is 0 Å². The molecule has 3 aromatic rings. The first kappa shape index (κ1) is 23.2. The van der Waals surface area contributed by atoms with Crippen LogP contribution in [0.4, 0.5) is 17.1 Å². The summed E-state index contributed by atoms with van der Waals surface area (Å²) in [6, 6.07) is 24.8. The zero-order valence-electron chi connectivity index (χ0n) is 19.2. The third-order valence-electron chi connectivity index (χ3n) is 5.54. The number of ether oxygens (including phenoxy) is 2. The van der Waals surface area contributed by atoms with Crippen molar-refractivity contribution in [1.82, 2.24) is 4.90 Å². The van der Waals surface area contributed by atoms with E-state index >= 15 is 0 Å². The Kier molecular flexibility index (Phi) is 7.65. The lowest BCUT2D eigenvalue weighted by molar-refractivity contribution is -0.134. The number of rotatable bonds is 11. The van der Waals surface area contributed by atoms with Gasteiger partial charge in [0.1, 0.15) is 0 Å². The van der Waals surface area contributed by atoms with E-state index in [-0.39, 0.29) is 30.9 Å². The fraction of sp³-hybridized carbons (Fsp3) is 0.259. The lowest BCUT2D eigenvalue weighted by Gasteiger charge is -2.22. The van der Waals surface area contributed by atoms with Gasteiger partial charge in [0, 0.05) is 36.1 Å². The lowest BCUT2D eigenvalue weighted by atomic mass is 10.2. The molecule has 1 saturated carbocycles. The normalized spacial score (nSPS) is 12.5. The lowest BCUT2D eigenvalue weighted by Crippen LogP contribution is -2.38. The van der Waals surface area contributed by atoms with E-state index < -0.39 is 0 Å². The highest BCUT2D eigenvalue weighted by atomic mass is 16.5. The molecule has 7 nitrogen and oxygen atoms in total. The van der Waals surface area contributed by atoms with Crippen LogP contribution in [-0.2, 0) is 9.59 Å². The standard InChI is InChI=1S/C27H29N3O4/c1-33-24-9-5-6-10-25(24)34-19-27(32)30(23-15-16-23)18-17-26(31)29-22-13-11-21(12-14-22)28-20-7-3-2-4-8-20/h2-14,23,28H,15-19H2,1H3,(H,29,31). The molecule has 0 spiro atoms. The Hall–Kier alpha value is -4.00. The molecule has 1 fully saturated rings. The molecule has 0 radical (unpaired) electrons. The number of hydrogen-bond donors (Lipinski definition) is 2. The van der Waals surface area contributed by atoms with Crippen molar-refractivity contribution in [1.29, 1.82) is 0 Å². The van der Waals surface area contributed by atoms with Crippen molar-refractivity contribution in [3.05, 3.63) is 78.9 Å². The van der Waals surface area contributed by atoms with E-state index in [0.717, 1.165) is 24.2 Å². The summed E-state index contributed by atoms with van der Waals surface area (Å²) >= 11 is 0. The zero-order chi connectivity index (χ0) is 23.8. The van der Waals surface area contributed by atoms with E-state index in [0.29, 0.717) is 23.7 Å². The van der Waals surface area contributed by atoms with Crippen molar-refractivity contribution in [2.24, 2.45) is 0 Å². The Morgan fingerprint density at radius 3 is 2.15 bits per heavy atom. The number of carbonyl (C=O) groups is 2. The highest BCUT2D eigenvalue weighted by Crippen LogP contribution is 2.29. The Labute approximate surface area is 199 Å². The maximum Gasteiger partial charge on any atom is 0.260 e. The topological polar surface area (TPSA) is 79.9 Å². The number of benzene rings is 3. The maximum absolute atomic E-state index is 12.8. The van der Waals surface area contributed by atoms with Crippen LogP contribution in [0, 0.1) is 0 Å². The largest absolute Gasteiger partial charge is 0.493 e. The predicted molar refractivity (Wildman–Crippen MR) is 133 cm³/mol. The van der Waals surface area contributed by atoms with Gasteiger partial charge in [-0.3, -0.25) is 9.59 Å². The molecule has 1 aliphatic carbocycles. The van der Waals surface area contributed by atoms with Crippen LogP contribution in [0.25, 0.3) is 0 Å². The van der Waals surface area contributed by atoms with Crippen molar-refractivity contribution in [3.8, 4) is 11.5 Å². The second-order valence-electron chi connectivity index (χ2n) is 8.12. The van der Waals surface area contributed by atoms with Gasteiger partial charge in [0.05, 0.1) is 7.11 Å². The molecule has 4 rings (SSSR count). The van der Waals surface area contributed by atoms with Crippen LogP contribution in [0.1, 0.15) is 19.3 Å². The summed E-state index contributed by atoms with van der Waals surface area (Å²) in [4.78, 5) is 27.0. The van der Waals surface area contributed by atoms with Crippen molar-refractivity contribution in [2.45, 2.75) is 25.3 Å². The van der Waals surface area contributed by atoms with Gasteiger partial charge >= 0.3 is 0 Å². The number of methoxy groups -OCH3 is 1. The Balaban J connectivity index is 1.25. The molecule has 2 N–H and O–H groups in total.